The van der Waals surface area contributed by atoms with Crippen LogP contribution in [-0.2, 0) is 0 Å². The molecule has 12 rings (SSSR count). The Kier molecular flexibility index (Phi) is 7.65. The third kappa shape index (κ3) is 5.15. The van der Waals surface area contributed by atoms with Crippen LogP contribution in [0.4, 0.5) is 0 Å². The summed E-state index contributed by atoms with van der Waals surface area (Å²) in [4.78, 5) is 0. The number of aromatic nitrogens is 1. The number of ether oxygens (including phenoxy) is 1. The first-order chi connectivity index (χ1) is 29.3. The molecule has 276 valence electrons. The van der Waals surface area contributed by atoms with E-state index in [1.807, 2.05) is 0 Å². The van der Waals surface area contributed by atoms with Crippen molar-refractivity contribution >= 4 is 68.5 Å². The van der Waals surface area contributed by atoms with Gasteiger partial charge in [-0.2, -0.15) is 0 Å². The van der Waals surface area contributed by atoms with E-state index in [-0.39, 0.29) is 6.92 Å². The molecule has 1 aromatic heterocycles. The number of nitrogens with zero attached hydrogens (tertiary/aromatic N) is 1. The van der Waals surface area contributed by atoms with E-state index < -0.39 is 8.07 Å². The minimum atomic E-state index is -2.78. The van der Waals surface area contributed by atoms with E-state index in [4.69, 9.17) is 9.39 Å². The molecule has 2 aliphatic heterocycles. The zero-order chi connectivity index (χ0) is 38.9. The van der Waals surface area contributed by atoms with E-state index >= 15 is 0 Å². The largest absolute Gasteiger partial charge is 0.551 e. The maximum absolute atomic E-state index is 7.06. The quantitative estimate of drug-likeness (QED) is 0.125. The zero-order valence-electron chi connectivity index (χ0n) is 32.1. The van der Waals surface area contributed by atoms with Gasteiger partial charge in [-0.15, -0.1) is 0 Å². The smallest absolute Gasteiger partial charge is 0.434 e. The maximum Gasteiger partial charge on any atom is 0.434 e. The van der Waals surface area contributed by atoms with Gasteiger partial charge in [0, 0.05) is 32.9 Å². The third-order valence-corrected chi connectivity index (χ3v) is 17.2. The normalized spacial score (nSPS) is 12.6. The fraction of sp³-hybridized carbons (Fsp3) is 0. The molecule has 0 spiro atoms. The number of hydrogen-bond donors (Lipinski definition) is 0. The van der Waals surface area contributed by atoms with Crippen LogP contribution in [0.5, 0.6) is 17.2 Å². The van der Waals surface area contributed by atoms with Crippen molar-refractivity contribution in [2.45, 2.75) is 0 Å². The molecule has 0 unspecified atom stereocenters. The van der Waals surface area contributed by atoms with Crippen LogP contribution < -0.4 is 41.1 Å². The summed E-state index contributed by atoms with van der Waals surface area (Å²) >= 11 is 0. The highest BCUT2D eigenvalue weighted by atomic mass is 28.3. The lowest BCUT2D eigenvalue weighted by Crippen LogP contribution is -2.75. The van der Waals surface area contributed by atoms with Crippen molar-refractivity contribution in [3.63, 3.8) is 0 Å². The highest BCUT2D eigenvalue weighted by Gasteiger charge is 2.45. The van der Waals surface area contributed by atoms with Crippen LogP contribution in [0, 0.1) is 0 Å². The second-order valence-electron chi connectivity index (χ2n) is 15.5. The number of rotatable bonds is 6. The van der Waals surface area contributed by atoms with Gasteiger partial charge in [-0.05, 0) is 86.0 Å². The van der Waals surface area contributed by atoms with Gasteiger partial charge >= 0.3 is 6.92 Å². The molecule has 0 atom stereocenters. The summed E-state index contributed by atoms with van der Waals surface area (Å²) in [7, 11) is -2.78. The third-order valence-electron chi connectivity index (χ3n) is 12.4. The molecular formula is C54H36BNO2Si. The number of benzene rings is 9. The molecule has 9 aromatic carbocycles. The summed E-state index contributed by atoms with van der Waals surface area (Å²) in [6.45, 7) is -0.334. The molecule has 0 N–H and O–H groups in total. The number of hydrogen-bond acceptors (Lipinski definition) is 2. The predicted molar refractivity (Wildman–Crippen MR) is 247 cm³/mol. The van der Waals surface area contributed by atoms with Crippen molar-refractivity contribution in [1.82, 2.24) is 4.57 Å². The first-order valence-electron chi connectivity index (χ1n) is 20.3. The Morgan fingerprint density at radius 1 is 0.390 bits per heavy atom. The first-order valence-corrected chi connectivity index (χ1v) is 22.3. The topological polar surface area (TPSA) is 23.4 Å². The lowest BCUT2D eigenvalue weighted by molar-refractivity contribution is 0.480. The van der Waals surface area contributed by atoms with Crippen LogP contribution in [0.2, 0.25) is 0 Å². The Labute approximate surface area is 344 Å². The van der Waals surface area contributed by atoms with Crippen LogP contribution in [-0.4, -0.2) is 19.6 Å². The van der Waals surface area contributed by atoms with Crippen molar-refractivity contribution < 1.29 is 9.39 Å². The van der Waals surface area contributed by atoms with Crippen LogP contribution in [0.15, 0.2) is 218 Å². The lowest BCUT2D eigenvalue weighted by atomic mass is 9.50. The van der Waals surface area contributed by atoms with Crippen LogP contribution in [0.3, 0.4) is 0 Å². The summed E-state index contributed by atoms with van der Waals surface area (Å²) in [5.74, 6) is 2.54. The van der Waals surface area contributed by atoms with Gasteiger partial charge in [0.05, 0.1) is 11.0 Å². The average molecular weight is 770 g/mol. The molecule has 2 aliphatic rings. The van der Waals surface area contributed by atoms with Crippen LogP contribution in [0.25, 0.3) is 49.7 Å². The van der Waals surface area contributed by atoms with Gasteiger partial charge in [-0.25, -0.2) is 0 Å². The second kappa shape index (κ2) is 13.4. The molecule has 0 radical (unpaired) electrons. The van der Waals surface area contributed by atoms with Gasteiger partial charge in [-0.3, -0.25) is 0 Å². The molecule has 0 amide bonds. The molecule has 0 saturated heterocycles. The number of para-hydroxylation sites is 3. The summed E-state index contributed by atoms with van der Waals surface area (Å²) in [6, 6.07) is 79.3. The Bertz CT molecular complexity index is 3070. The number of fused-ring (bicyclic) bond motifs is 7. The molecule has 5 heteroatoms. The van der Waals surface area contributed by atoms with Crippen molar-refractivity contribution in [2.24, 2.45) is 0 Å². The first kappa shape index (κ1) is 33.8. The molecule has 59 heavy (non-hydrogen) atoms. The summed E-state index contributed by atoms with van der Waals surface area (Å²) in [5, 5.41) is 7.80. The molecule has 0 fully saturated rings. The fourth-order valence-electron chi connectivity index (χ4n) is 9.83. The average Bonchev–Trinajstić information content (AvgIpc) is 3.65. The monoisotopic (exact) mass is 769 g/mol. The fourth-order valence-corrected chi connectivity index (χ4v) is 14.6. The summed E-state index contributed by atoms with van der Waals surface area (Å²) < 4.78 is 16.4. The zero-order valence-corrected chi connectivity index (χ0v) is 33.1. The Balaban J connectivity index is 1.01. The van der Waals surface area contributed by atoms with Crippen molar-refractivity contribution in [3.05, 3.63) is 218 Å². The molecule has 3 heterocycles. The SMILES string of the molecule is c1ccc([Si](c2ccccc2)(c2ccccc2)c2ccc3c(c2)B2Oc4ccccc4-c4cc(-c5ccc(-n6c7ccccc7c7ccccc76)cc5)cc(c42)O3)cc1. The molecular weight excluding hydrogens is 733 g/mol. The molecule has 0 saturated carbocycles. The van der Waals surface area contributed by atoms with Gasteiger partial charge in [0.15, 0.2) is 8.07 Å². The van der Waals surface area contributed by atoms with E-state index in [1.54, 1.807) is 0 Å². The Hall–Kier alpha value is -7.34. The van der Waals surface area contributed by atoms with E-state index in [0.29, 0.717) is 0 Å². The van der Waals surface area contributed by atoms with E-state index in [9.17, 15) is 0 Å². The van der Waals surface area contributed by atoms with Crippen LogP contribution >= 0.6 is 0 Å². The van der Waals surface area contributed by atoms with Gasteiger partial charge < -0.3 is 14.0 Å². The molecule has 10 aromatic rings. The standard InChI is InChI=1S/C54H36BNO2Si/c1-4-16-40(17-5-1)59(41-18-6-2-7-19-41,42-20-8-3-9-21-42)43-32-33-52-48(36-43)55-54-47(46-24-12-15-27-51(46)58-55)34-38(35-53(54)57-52)37-28-30-39(31-29-37)56-49-25-13-10-22-44(49)45-23-11-14-26-50(45)56/h1-36H. The van der Waals surface area contributed by atoms with Crippen LogP contribution in [0.1, 0.15) is 0 Å². The molecule has 0 aliphatic carbocycles. The van der Waals surface area contributed by atoms with Crippen molar-refractivity contribution in [2.75, 3.05) is 0 Å². The van der Waals surface area contributed by atoms with Gasteiger partial charge in [0.1, 0.15) is 17.2 Å². The second-order valence-corrected chi connectivity index (χ2v) is 19.4. The van der Waals surface area contributed by atoms with Gasteiger partial charge in [0.2, 0.25) is 0 Å². The van der Waals surface area contributed by atoms with Crippen molar-refractivity contribution in [1.29, 1.82) is 0 Å². The summed E-state index contributed by atoms with van der Waals surface area (Å²) in [5.41, 5.74) is 10.1. The molecule has 0 bridgehead atoms. The lowest BCUT2D eigenvalue weighted by Gasteiger charge is -2.37. The van der Waals surface area contributed by atoms with Gasteiger partial charge in [-0.1, -0.05) is 170 Å². The minimum absolute atomic E-state index is 0.334. The van der Waals surface area contributed by atoms with Gasteiger partial charge in [0.25, 0.3) is 0 Å². The van der Waals surface area contributed by atoms with E-state index in [2.05, 4.69) is 223 Å². The summed E-state index contributed by atoms with van der Waals surface area (Å²) in [6.07, 6.45) is 0. The van der Waals surface area contributed by atoms with Crippen molar-refractivity contribution in [3.8, 4) is 45.2 Å². The van der Waals surface area contributed by atoms with E-state index in [1.165, 1.54) is 42.6 Å². The predicted octanol–water partition coefficient (Wildman–Crippen LogP) is 9.10. The van der Waals surface area contributed by atoms with E-state index in [0.717, 1.165) is 56.1 Å². The maximum atomic E-state index is 7.06. The molecule has 3 nitrogen and oxygen atoms in total. The Morgan fingerprint density at radius 3 is 1.58 bits per heavy atom. The highest BCUT2D eigenvalue weighted by molar-refractivity contribution is 7.20. The highest BCUT2D eigenvalue weighted by Crippen LogP contribution is 2.42. The Morgan fingerprint density at radius 2 is 0.949 bits per heavy atom. The minimum Gasteiger partial charge on any atom is -0.551 e.